The Hall–Kier alpha value is -0.840. The third-order valence-corrected chi connectivity index (χ3v) is 2.24. The molecule has 0 aromatic carbocycles. The maximum absolute atomic E-state index is 6.00. The lowest BCUT2D eigenvalue weighted by Gasteiger charge is -2.03. The van der Waals surface area contributed by atoms with Crippen LogP contribution >= 0.6 is 11.6 Å². The van der Waals surface area contributed by atoms with E-state index in [4.69, 9.17) is 22.1 Å². The molecular formula is C10H16ClN3O. The summed E-state index contributed by atoms with van der Waals surface area (Å²) in [4.78, 5) is 0. The summed E-state index contributed by atoms with van der Waals surface area (Å²) in [5, 5.41) is 4.81. The van der Waals surface area contributed by atoms with E-state index < -0.39 is 0 Å². The quantitative estimate of drug-likeness (QED) is 0.805. The highest BCUT2D eigenvalue weighted by Crippen LogP contribution is 2.16. The molecule has 0 bridgehead atoms. The predicted molar refractivity (Wildman–Crippen MR) is 61.8 cm³/mol. The van der Waals surface area contributed by atoms with Crippen LogP contribution in [0.4, 0.5) is 0 Å². The summed E-state index contributed by atoms with van der Waals surface area (Å²) in [6, 6.07) is 0. The van der Waals surface area contributed by atoms with Crippen LogP contribution in [-0.4, -0.2) is 30.0 Å². The molecule has 0 aliphatic rings. The number of hydrogen-bond acceptors (Lipinski definition) is 3. The fraction of sp³-hybridized carbons (Fsp3) is 0.500. The molecule has 4 nitrogen and oxygen atoms in total. The van der Waals surface area contributed by atoms with E-state index in [1.165, 1.54) is 0 Å². The molecule has 5 heteroatoms. The van der Waals surface area contributed by atoms with E-state index in [9.17, 15) is 0 Å². The first-order chi connectivity index (χ1) is 7.29. The molecule has 1 rings (SSSR count). The molecule has 0 radical (unpaired) electrons. The van der Waals surface area contributed by atoms with E-state index >= 15 is 0 Å². The molecule has 2 N–H and O–H groups in total. The van der Waals surface area contributed by atoms with Gasteiger partial charge in [-0.2, -0.15) is 5.10 Å². The van der Waals surface area contributed by atoms with Crippen LogP contribution < -0.4 is 5.73 Å². The molecule has 84 valence electrons. The normalized spacial score (nSPS) is 11.4. The summed E-state index contributed by atoms with van der Waals surface area (Å²) in [7, 11) is 1.66. The van der Waals surface area contributed by atoms with Crippen molar-refractivity contribution in [3.05, 3.63) is 23.0 Å². The molecule has 1 aromatic heterocycles. The van der Waals surface area contributed by atoms with Crippen molar-refractivity contribution in [1.29, 1.82) is 0 Å². The summed E-state index contributed by atoms with van der Waals surface area (Å²) in [6.45, 7) is 1.96. The van der Waals surface area contributed by atoms with Gasteiger partial charge in [0, 0.05) is 7.11 Å². The Morgan fingerprint density at radius 1 is 1.67 bits per heavy atom. The molecule has 0 aliphatic carbocycles. The third kappa shape index (κ3) is 3.66. The first-order valence-electron chi connectivity index (χ1n) is 4.86. The lowest BCUT2D eigenvalue weighted by molar-refractivity contribution is 0.183. The van der Waals surface area contributed by atoms with Crippen LogP contribution in [0.3, 0.4) is 0 Å². The molecular weight excluding hydrogens is 214 g/mol. The molecule has 1 heterocycles. The number of aromatic nitrogens is 2. The van der Waals surface area contributed by atoms with Crippen LogP contribution in [-0.2, 0) is 11.3 Å². The van der Waals surface area contributed by atoms with Crippen molar-refractivity contribution < 1.29 is 4.74 Å². The molecule has 0 fully saturated rings. The molecule has 0 atom stereocenters. The van der Waals surface area contributed by atoms with Gasteiger partial charge in [0.2, 0.25) is 0 Å². The third-order valence-electron chi connectivity index (χ3n) is 1.95. The standard InChI is InChI=1S/C10H16ClN3O/c1-15-7-6-14-10(4-2-3-5-12)9(11)8-13-14/h2,4,8H,3,5-7,12H2,1H3/b4-2+. The van der Waals surface area contributed by atoms with Crippen LogP contribution in [0.25, 0.3) is 6.08 Å². The van der Waals surface area contributed by atoms with Gasteiger partial charge in [-0.15, -0.1) is 0 Å². The van der Waals surface area contributed by atoms with Gasteiger partial charge in [0.15, 0.2) is 0 Å². The van der Waals surface area contributed by atoms with Crippen LogP contribution in [0.2, 0.25) is 5.02 Å². The summed E-state index contributed by atoms with van der Waals surface area (Å²) < 4.78 is 6.81. The van der Waals surface area contributed by atoms with Crippen molar-refractivity contribution >= 4 is 17.7 Å². The lowest BCUT2D eigenvalue weighted by Crippen LogP contribution is -2.07. The van der Waals surface area contributed by atoms with E-state index in [1.807, 2.05) is 16.8 Å². The van der Waals surface area contributed by atoms with Gasteiger partial charge in [0.25, 0.3) is 0 Å². The summed E-state index contributed by atoms with van der Waals surface area (Å²) in [5.41, 5.74) is 6.30. The number of ether oxygens (including phenoxy) is 1. The Bertz CT molecular complexity index is 322. The van der Waals surface area contributed by atoms with Crippen molar-refractivity contribution in [3.8, 4) is 0 Å². The van der Waals surface area contributed by atoms with Gasteiger partial charge in [-0.25, -0.2) is 0 Å². The first kappa shape index (κ1) is 12.2. The van der Waals surface area contributed by atoms with Gasteiger partial charge in [-0.3, -0.25) is 4.68 Å². The molecule has 0 saturated carbocycles. The summed E-state index contributed by atoms with van der Waals surface area (Å²) in [5.74, 6) is 0. The van der Waals surface area contributed by atoms with Crippen LogP contribution in [0.5, 0.6) is 0 Å². The van der Waals surface area contributed by atoms with Crippen molar-refractivity contribution in [3.63, 3.8) is 0 Å². The zero-order valence-electron chi connectivity index (χ0n) is 8.82. The fourth-order valence-corrected chi connectivity index (χ4v) is 1.39. The molecule has 0 amide bonds. The van der Waals surface area contributed by atoms with Gasteiger partial charge in [-0.1, -0.05) is 17.7 Å². The summed E-state index contributed by atoms with van der Waals surface area (Å²) >= 11 is 6.00. The Morgan fingerprint density at radius 2 is 2.47 bits per heavy atom. The zero-order chi connectivity index (χ0) is 11.1. The van der Waals surface area contributed by atoms with E-state index in [2.05, 4.69) is 5.10 Å². The van der Waals surface area contributed by atoms with Gasteiger partial charge < -0.3 is 10.5 Å². The van der Waals surface area contributed by atoms with E-state index in [0.29, 0.717) is 24.7 Å². The Balaban J connectivity index is 2.70. The molecule has 15 heavy (non-hydrogen) atoms. The topological polar surface area (TPSA) is 53.1 Å². The Labute approximate surface area is 94.7 Å². The zero-order valence-corrected chi connectivity index (χ0v) is 9.57. The molecule has 1 aromatic rings. The van der Waals surface area contributed by atoms with Crippen molar-refractivity contribution in [2.75, 3.05) is 20.3 Å². The maximum Gasteiger partial charge on any atom is 0.0859 e. The minimum atomic E-state index is 0.621. The van der Waals surface area contributed by atoms with Crippen LogP contribution in [0, 0.1) is 0 Å². The lowest BCUT2D eigenvalue weighted by atomic mass is 10.3. The second kappa shape index (κ2) is 6.61. The monoisotopic (exact) mass is 229 g/mol. The molecule has 0 aliphatic heterocycles. The minimum Gasteiger partial charge on any atom is -0.383 e. The highest BCUT2D eigenvalue weighted by atomic mass is 35.5. The van der Waals surface area contributed by atoms with Crippen molar-refractivity contribution in [2.45, 2.75) is 13.0 Å². The predicted octanol–water partition coefficient (Wildman–Crippen LogP) is 1.54. The highest BCUT2D eigenvalue weighted by Gasteiger charge is 2.04. The van der Waals surface area contributed by atoms with Gasteiger partial charge in [0.05, 0.1) is 30.1 Å². The average Bonchev–Trinajstić information content (AvgIpc) is 2.58. The number of methoxy groups -OCH3 is 1. The molecule has 0 spiro atoms. The van der Waals surface area contributed by atoms with Crippen molar-refractivity contribution in [2.24, 2.45) is 5.73 Å². The fourth-order valence-electron chi connectivity index (χ4n) is 1.18. The van der Waals surface area contributed by atoms with E-state index in [0.717, 1.165) is 12.1 Å². The molecule has 0 saturated heterocycles. The van der Waals surface area contributed by atoms with Crippen molar-refractivity contribution in [1.82, 2.24) is 9.78 Å². The van der Waals surface area contributed by atoms with E-state index in [-0.39, 0.29) is 0 Å². The van der Waals surface area contributed by atoms with Gasteiger partial charge in [-0.05, 0) is 19.0 Å². The van der Waals surface area contributed by atoms with E-state index in [1.54, 1.807) is 13.3 Å². The molecule has 0 unspecified atom stereocenters. The SMILES string of the molecule is COCCn1ncc(Cl)c1/C=C/CCN. The second-order valence-electron chi connectivity index (χ2n) is 3.07. The second-order valence-corrected chi connectivity index (χ2v) is 3.48. The van der Waals surface area contributed by atoms with Gasteiger partial charge >= 0.3 is 0 Å². The van der Waals surface area contributed by atoms with Crippen LogP contribution in [0.1, 0.15) is 12.1 Å². The van der Waals surface area contributed by atoms with Gasteiger partial charge in [0.1, 0.15) is 0 Å². The number of nitrogens with zero attached hydrogens (tertiary/aromatic N) is 2. The first-order valence-corrected chi connectivity index (χ1v) is 5.24. The number of rotatable bonds is 6. The smallest absolute Gasteiger partial charge is 0.0859 e. The average molecular weight is 230 g/mol. The maximum atomic E-state index is 6.00. The Kier molecular flexibility index (Phi) is 5.39. The Morgan fingerprint density at radius 3 is 3.13 bits per heavy atom. The van der Waals surface area contributed by atoms with Crippen LogP contribution in [0.15, 0.2) is 12.3 Å². The highest BCUT2D eigenvalue weighted by molar-refractivity contribution is 6.31. The number of halogens is 1. The number of hydrogen-bond donors (Lipinski definition) is 1. The minimum absolute atomic E-state index is 0.621. The number of nitrogens with two attached hydrogens (primary N) is 1. The largest absolute Gasteiger partial charge is 0.383 e. The summed E-state index contributed by atoms with van der Waals surface area (Å²) in [6.07, 6.45) is 6.41.